The van der Waals surface area contributed by atoms with Crippen LogP contribution >= 0.6 is 0 Å². The molecule has 0 aromatic heterocycles. The lowest BCUT2D eigenvalue weighted by Crippen LogP contribution is -2.13. The largest absolute Gasteiger partial charge is 0.422 e. The van der Waals surface area contributed by atoms with Gasteiger partial charge in [0, 0.05) is 0 Å². The molecule has 0 heterocycles. The van der Waals surface area contributed by atoms with Crippen LogP contribution in [0.25, 0.3) is 5.57 Å². The van der Waals surface area contributed by atoms with E-state index in [0.717, 1.165) is 0 Å². The van der Waals surface area contributed by atoms with Crippen LogP contribution in [0.5, 0.6) is 0 Å². The molecule has 0 bridgehead atoms. The first kappa shape index (κ1) is 15.0. The summed E-state index contributed by atoms with van der Waals surface area (Å²) in [6.07, 6.45) is -10.0. The third-order valence-electron chi connectivity index (χ3n) is 2.06. The summed E-state index contributed by atoms with van der Waals surface area (Å²) in [5.74, 6) is 0. The van der Waals surface area contributed by atoms with Crippen molar-refractivity contribution in [3.05, 3.63) is 51.7 Å². The summed E-state index contributed by atoms with van der Waals surface area (Å²) in [6.45, 7) is 0. The molecule has 0 aliphatic rings. The second kappa shape index (κ2) is 4.90. The van der Waals surface area contributed by atoms with Crippen LogP contribution in [0.2, 0.25) is 0 Å². The average Bonchev–Trinajstić information content (AvgIpc) is 2.23. The molecule has 0 aliphatic heterocycles. The van der Waals surface area contributed by atoms with Crippen LogP contribution in [0, 0.1) is 10.1 Å². The molecule has 104 valence electrons. The zero-order chi connectivity index (χ0) is 14.8. The minimum Gasteiger partial charge on any atom is -0.259 e. The van der Waals surface area contributed by atoms with Crippen molar-refractivity contribution in [3.63, 3.8) is 0 Å². The van der Waals surface area contributed by atoms with Crippen molar-refractivity contribution in [2.45, 2.75) is 12.4 Å². The maximum atomic E-state index is 12.5. The Bertz CT molecular complexity index is 500. The summed E-state index contributed by atoms with van der Waals surface area (Å²) >= 11 is 0. The van der Waals surface area contributed by atoms with Crippen LogP contribution in [0.1, 0.15) is 11.1 Å². The highest BCUT2D eigenvalue weighted by atomic mass is 19.4. The summed E-state index contributed by atoms with van der Waals surface area (Å²) in [4.78, 5) is 8.79. The number of alkyl halides is 6. The summed E-state index contributed by atoms with van der Waals surface area (Å²) in [6, 6.07) is 1.92. The van der Waals surface area contributed by atoms with Crippen molar-refractivity contribution >= 4 is 5.57 Å². The van der Waals surface area contributed by atoms with Gasteiger partial charge in [-0.25, -0.2) is 0 Å². The first-order valence-corrected chi connectivity index (χ1v) is 4.62. The molecule has 9 heteroatoms. The number of rotatable bonds is 2. The highest BCUT2D eigenvalue weighted by Crippen LogP contribution is 2.35. The Labute approximate surface area is 102 Å². The first-order chi connectivity index (χ1) is 8.51. The molecular formula is C10H5F6NO2. The predicted molar refractivity (Wildman–Crippen MR) is 52.5 cm³/mol. The molecule has 0 radical (unpaired) electrons. The molecule has 0 unspecified atom stereocenters. The normalized spacial score (nSPS) is 13.5. The Morgan fingerprint density at radius 2 is 1.53 bits per heavy atom. The van der Waals surface area contributed by atoms with E-state index in [0.29, 0.717) is 24.3 Å². The number of hydrogen-bond acceptors (Lipinski definition) is 2. The van der Waals surface area contributed by atoms with Crippen LogP contribution in [0.4, 0.5) is 26.3 Å². The number of benzene rings is 1. The van der Waals surface area contributed by atoms with E-state index >= 15 is 0 Å². The number of halogens is 6. The van der Waals surface area contributed by atoms with Gasteiger partial charge < -0.3 is 0 Å². The Morgan fingerprint density at radius 1 is 1.05 bits per heavy atom. The number of allylic oxidation sites excluding steroid dienone is 1. The van der Waals surface area contributed by atoms with Crippen LogP contribution < -0.4 is 0 Å². The molecule has 0 N–H and O–H groups in total. The maximum absolute atomic E-state index is 12.5. The van der Waals surface area contributed by atoms with Gasteiger partial charge in [-0.3, -0.25) is 10.1 Å². The molecular weight excluding hydrogens is 280 g/mol. The van der Waals surface area contributed by atoms with Crippen LogP contribution in [-0.2, 0) is 6.18 Å². The molecule has 0 spiro atoms. The molecule has 3 nitrogen and oxygen atoms in total. The summed E-state index contributed by atoms with van der Waals surface area (Å²) in [5.41, 5.74) is -3.47. The molecule has 19 heavy (non-hydrogen) atoms. The van der Waals surface area contributed by atoms with E-state index in [9.17, 15) is 36.5 Å². The number of nitrogens with zero attached hydrogens (tertiary/aromatic N) is 1. The molecule has 1 rings (SSSR count). The molecule has 0 aliphatic carbocycles. The fourth-order valence-electron chi connectivity index (χ4n) is 1.26. The predicted octanol–water partition coefficient (Wildman–Crippen LogP) is 3.89. The van der Waals surface area contributed by atoms with Crippen molar-refractivity contribution in [1.82, 2.24) is 0 Å². The molecule has 1 aromatic rings. The van der Waals surface area contributed by atoms with Gasteiger partial charge in [0.2, 0.25) is 6.20 Å². The molecule has 0 amide bonds. The summed E-state index contributed by atoms with van der Waals surface area (Å²) < 4.78 is 74.2. The standard InChI is InChI=1S/C10H5F6NO2/c11-9(12,13)7-3-1-6(2-4-7)8(5-17(18)19)10(14,15)16/h1-5H/b8-5+. The summed E-state index contributed by atoms with van der Waals surface area (Å²) in [5, 5.41) is 10.1. The van der Waals surface area contributed by atoms with Gasteiger partial charge in [-0.05, 0) is 17.7 Å². The average molecular weight is 285 g/mol. The fraction of sp³-hybridized carbons (Fsp3) is 0.200. The van der Waals surface area contributed by atoms with E-state index in [-0.39, 0.29) is 6.20 Å². The highest BCUT2D eigenvalue weighted by Gasteiger charge is 2.38. The minimum absolute atomic E-state index is 0.289. The molecule has 0 fully saturated rings. The Kier molecular flexibility index (Phi) is 3.87. The van der Waals surface area contributed by atoms with Crippen molar-refractivity contribution in [1.29, 1.82) is 0 Å². The SMILES string of the molecule is O=[N+]([O-])/C=C(\c1ccc(C(F)(F)F)cc1)C(F)(F)F. The summed E-state index contributed by atoms with van der Waals surface area (Å²) in [7, 11) is 0. The maximum Gasteiger partial charge on any atom is 0.422 e. The van der Waals surface area contributed by atoms with Crippen molar-refractivity contribution in [3.8, 4) is 0 Å². The van der Waals surface area contributed by atoms with E-state index in [1.807, 2.05) is 0 Å². The van der Waals surface area contributed by atoms with E-state index in [1.165, 1.54) is 0 Å². The van der Waals surface area contributed by atoms with Gasteiger partial charge in [0.1, 0.15) is 5.57 Å². The number of nitro groups is 1. The van der Waals surface area contributed by atoms with Crippen LogP contribution in [0.3, 0.4) is 0 Å². The lowest BCUT2D eigenvalue weighted by Gasteiger charge is -2.11. The minimum atomic E-state index is -5.03. The fourth-order valence-corrected chi connectivity index (χ4v) is 1.26. The topological polar surface area (TPSA) is 43.1 Å². The van der Waals surface area contributed by atoms with Gasteiger partial charge in [-0.1, -0.05) is 12.1 Å². The van der Waals surface area contributed by atoms with E-state index < -0.39 is 34.0 Å². The van der Waals surface area contributed by atoms with Crippen LogP contribution in [-0.4, -0.2) is 11.1 Å². The lowest BCUT2D eigenvalue weighted by molar-refractivity contribution is -0.402. The zero-order valence-electron chi connectivity index (χ0n) is 8.92. The second-order valence-corrected chi connectivity index (χ2v) is 3.40. The van der Waals surface area contributed by atoms with Gasteiger partial charge in [0.15, 0.2) is 0 Å². The molecule has 0 atom stereocenters. The van der Waals surface area contributed by atoms with E-state index in [1.54, 1.807) is 0 Å². The van der Waals surface area contributed by atoms with E-state index in [2.05, 4.69) is 0 Å². The van der Waals surface area contributed by atoms with Gasteiger partial charge in [-0.2, -0.15) is 26.3 Å². The first-order valence-electron chi connectivity index (χ1n) is 4.62. The molecule has 1 aromatic carbocycles. The zero-order valence-corrected chi connectivity index (χ0v) is 8.92. The van der Waals surface area contributed by atoms with Gasteiger partial charge in [-0.15, -0.1) is 0 Å². The Hall–Kier alpha value is -2.06. The second-order valence-electron chi connectivity index (χ2n) is 3.40. The van der Waals surface area contributed by atoms with Crippen molar-refractivity contribution in [2.24, 2.45) is 0 Å². The monoisotopic (exact) mass is 285 g/mol. The van der Waals surface area contributed by atoms with E-state index in [4.69, 9.17) is 0 Å². The quantitative estimate of drug-likeness (QED) is 0.470. The third-order valence-corrected chi connectivity index (χ3v) is 2.06. The highest BCUT2D eigenvalue weighted by molar-refractivity contribution is 5.68. The third kappa shape index (κ3) is 3.97. The smallest absolute Gasteiger partial charge is 0.259 e. The molecule has 0 saturated carbocycles. The van der Waals surface area contributed by atoms with Crippen LogP contribution in [0.15, 0.2) is 30.5 Å². The Balaban J connectivity index is 3.24. The molecule has 0 saturated heterocycles. The number of hydrogen-bond donors (Lipinski definition) is 0. The Morgan fingerprint density at radius 3 is 1.84 bits per heavy atom. The van der Waals surface area contributed by atoms with Crippen molar-refractivity contribution in [2.75, 3.05) is 0 Å². The van der Waals surface area contributed by atoms with Gasteiger partial charge in [0.25, 0.3) is 0 Å². The lowest BCUT2D eigenvalue weighted by atomic mass is 10.0. The van der Waals surface area contributed by atoms with Gasteiger partial charge >= 0.3 is 12.4 Å². The van der Waals surface area contributed by atoms with Gasteiger partial charge in [0.05, 0.1) is 10.5 Å². The van der Waals surface area contributed by atoms with Crippen molar-refractivity contribution < 1.29 is 31.3 Å².